The molecule has 0 unspecified atom stereocenters. The normalized spacial score (nSPS) is 22.4. The molecular formula is C31H29ClN2O3. The Morgan fingerprint density at radius 1 is 1.00 bits per heavy atom. The number of benzene rings is 3. The van der Waals surface area contributed by atoms with Crippen molar-refractivity contribution in [2.24, 2.45) is 17.3 Å². The van der Waals surface area contributed by atoms with E-state index in [0.717, 1.165) is 42.1 Å². The van der Waals surface area contributed by atoms with Gasteiger partial charge in [0.2, 0.25) is 0 Å². The largest absolute Gasteiger partial charge is 0.469 e. The maximum atomic E-state index is 13.5. The molecule has 1 heterocycles. The van der Waals surface area contributed by atoms with E-state index in [4.69, 9.17) is 16.3 Å². The summed E-state index contributed by atoms with van der Waals surface area (Å²) in [6, 6.07) is 22.4. The fourth-order valence-electron chi connectivity index (χ4n) is 6.47. The van der Waals surface area contributed by atoms with E-state index in [1.807, 2.05) is 28.9 Å². The van der Waals surface area contributed by atoms with Gasteiger partial charge in [0.05, 0.1) is 31.3 Å². The number of carbonyl (C=O) groups excluding carboxylic acids is 2. The second-order valence-corrected chi connectivity index (χ2v) is 11.2. The van der Waals surface area contributed by atoms with Gasteiger partial charge in [0.15, 0.2) is 5.78 Å². The molecule has 1 aromatic heterocycles. The second kappa shape index (κ2) is 9.46. The highest BCUT2D eigenvalue weighted by atomic mass is 35.5. The summed E-state index contributed by atoms with van der Waals surface area (Å²) in [6.45, 7) is 0.571. The number of esters is 1. The number of fused-ring (bicyclic) bond motifs is 1. The summed E-state index contributed by atoms with van der Waals surface area (Å²) in [6.07, 6.45) is 6.07. The molecule has 188 valence electrons. The highest BCUT2D eigenvalue weighted by Gasteiger charge is 2.55. The Balaban J connectivity index is 1.17. The Morgan fingerprint density at radius 2 is 1.70 bits per heavy atom. The number of aromatic nitrogens is 2. The SMILES string of the molecule is COC(=O)C1CC2(CC(CC(=O)c3cc(Cl)cc4cnn(Cc5ccc(-c6ccccc6)cc5)c34)C2)C1. The molecule has 0 saturated heterocycles. The smallest absolute Gasteiger partial charge is 0.308 e. The zero-order valence-electron chi connectivity index (χ0n) is 20.8. The number of ketones is 1. The lowest BCUT2D eigenvalue weighted by Gasteiger charge is -2.57. The van der Waals surface area contributed by atoms with Crippen LogP contribution >= 0.6 is 11.6 Å². The van der Waals surface area contributed by atoms with Crippen LogP contribution in [-0.2, 0) is 16.1 Å². The summed E-state index contributed by atoms with van der Waals surface area (Å²) < 4.78 is 6.78. The fraction of sp³-hybridized carbons (Fsp3) is 0.323. The molecule has 0 aliphatic heterocycles. The Morgan fingerprint density at radius 3 is 2.41 bits per heavy atom. The van der Waals surface area contributed by atoms with Crippen LogP contribution in [0.15, 0.2) is 72.9 Å². The third kappa shape index (κ3) is 4.57. The summed E-state index contributed by atoms with van der Waals surface area (Å²) in [5.74, 6) is 0.388. The molecule has 5 nitrogen and oxygen atoms in total. The molecule has 4 aromatic rings. The van der Waals surface area contributed by atoms with Gasteiger partial charge in [-0.15, -0.1) is 0 Å². The molecule has 0 bridgehead atoms. The Hall–Kier alpha value is -3.44. The first-order chi connectivity index (χ1) is 17.9. The van der Waals surface area contributed by atoms with Crippen molar-refractivity contribution in [3.63, 3.8) is 0 Å². The van der Waals surface area contributed by atoms with Gasteiger partial charge in [0.25, 0.3) is 0 Å². The Labute approximate surface area is 221 Å². The van der Waals surface area contributed by atoms with Gasteiger partial charge in [-0.1, -0.05) is 66.2 Å². The van der Waals surface area contributed by atoms with Crippen LogP contribution in [0.4, 0.5) is 0 Å². The fourth-order valence-corrected chi connectivity index (χ4v) is 6.70. The summed E-state index contributed by atoms with van der Waals surface area (Å²) >= 11 is 6.40. The average molecular weight is 513 g/mol. The summed E-state index contributed by atoms with van der Waals surface area (Å²) in [5.41, 5.74) is 5.18. The van der Waals surface area contributed by atoms with Gasteiger partial charge in [0, 0.05) is 22.4 Å². The van der Waals surface area contributed by atoms with Crippen LogP contribution in [0, 0.1) is 17.3 Å². The van der Waals surface area contributed by atoms with E-state index < -0.39 is 0 Å². The van der Waals surface area contributed by atoms with E-state index in [2.05, 4.69) is 41.5 Å². The van der Waals surface area contributed by atoms with Crippen LogP contribution in [0.3, 0.4) is 0 Å². The van der Waals surface area contributed by atoms with E-state index >= 15 is 0 Å². The molecule has 0 radical (unpaired) electrons. The quantitative estimate of drug-likeness (QED) is 0.198. The van der Waals surface area contributed by atoms with E-state index in [0.29, 0.717) is 29.5 Å². The standard InChI is InChI=1S/C31H29ClN2O3/c1-37-30(36)25-16-31(17-25)14-21(15-31)11-28(35)27-13-26(32)12-24-18-33-34(29(24)27)19-20-7-9-23(10-8-20)22-5-3-2-4-6-22/h2-10,12-13,18,21,25H,11,14-17,19H2,1H3. The molecule has 2 aliphatic carbocycles. The molecule has 2 aliphatic rings. The lowest BCUT2D eigenvalue weighted by Crippen LogP contribution is -2.50. The van der Waals surface area contributed by atoms with Crippen molar-refractivity contribution >= 4 is 34.3 Å². The van der Waals surface area contributed by atoms with Crippen molar-refractivity contribution in [3.8, 4) is 11.1 Å². The van der Waals surface area contributed by atoms with Gasteiger partial charge in [0.1, 0.15) is 0 Å². The predicted molar refractivity (Wildman–Crippen MR) is 145 cm³/mol. The van der Waals surface area contributed by atoms with Crippen molar-refractivity contribution in [1.82, 2.24) is 9.78 Å². The molecule has 0 N–H and O–H groups in total. The average Bonchev–Trinajstić information content (AvgIpc) is 3.26. The molecule has 6 rings (SSSR count). The van der Waals surface area contributed by atoms with Crippen LogP contribution < -0.4 is 0 Å². The van der Waals surface area contributed by atoms with Crippen LogP contribution in [0.1, 0.15) is 48.0 Å². The lowest BCUT2D eigenvalue weighted by atomic mass is 9.47. The zero-order chi connectivity index (χ0) is 25.6. The first-order valence-electron chi connectivity index (χ1n) is 12.8. The number of ether oxygens (including phenoxy) is 1. The molecule has 3 aromatic carbocycles. The highest BCUT2D eigenvalue weighted by Crippen LogP contribution is 2.62. The number of rotatable bonds is 7. The van der Waals surface area contributed by atoms with Crippen LogP contribution in [0.25, 0.3) is 22.0 Å². The van der Waals surface area contributed by atoms with E-state index in [1.54, 1.807) is 12.3 Å². The monoisotopic (exact) mass is 512 g/mol. The van der Waals surface area contributed by atoms with Crippen LogP contribution in [-0.4, -0.2) is 28.6 Å². The minimum atomic E-state index is -0.102. The van der Waals surface area contributed by atoms with Crippen LogP contribution in [0.5, 0.6) is 0 Å². The third-order valence-corrected chi connectivity index (χ3v) is 8.42. The molecule has 6 heteroatoms. The number of halogens is 1. The Bertz CT molecular complexity index is 1460. The van der Waals surface area contributed by atoms with Crippen molar-refractivity contribution < 1.29 is 14.3 Å². The topological polar surface area (TPSA) is 61.2 Å². The number of carbonyl (C=O) groups is 2. The van der Waals surface area contributed by atoms with Crippen molar-refractivity contribution in [3.05, 3.63) is 89.1 Å². The molecule has 2 fully saturated rings. The molecule has 2 saturated carbocycles. The number of nitrogens with zero attached hydrogens (tertiary/aromatic N) is 2. The first-order valence-corrected chi connectivity index (χ1v) is 13.2. The summed E-state index contributed by atoms with van der Waals surface area (Å²) in [5, 5.41) is 6.03. The van der Waals surface area contributed by atoms with Gasteiger partial charge in [-0.05, 0) is 65.8 Å². The van der Waals surface area contributed by atoms with E-state index in [-0.39, 0.29) is 23.1 Å². The van der Waals surface area contributed by atoms with Gasteiger partial charge >= 0.3 is 5.97 Å². The van der Waals surface area contributed by atoms with Gasteiger partial charge in [-0.25, -0.2) is 0 Å². The van der Waals surface area contributed by atoms with E-state index in [1.165, 1.54) is 18.2 Å². The number of methoxy groups -OCH3 is 1. The third-order valence-electron chi connectivity index (χ3n) is 8.20. The van der Waals surface area contributed by atoms with Crippen molar-refractivity contribution in [2.75, 3.05) is 7.11 Å². The molecule has 1 spiro atoms. The molecule has 0 amide bonds. The lowest BCUT2D eigenvalue weighted by molar-refractivity contribution is -0.161. The maximum Gasteiger partial charge on any atom is 0.308 e. The number of Topliss-reactive ketones (excluding diaryl/α,β-unsaturated/α-hetero) is 1. The van der Waals surface area contributed by atoms with Crippen LogP contribution in [0.2, 0.25) is 5.02 Å². The molecule has 37 heavy (non-hydrogen) atoms. The van der Waals surface area contributed by atoms with Crippen molar-refractivity contribution in [2.45, 2.75) is 38.6 Å². The number of hydrogen-bond acceptors (Lipinski definition) is 4. The number of hydrogen-bond donors (Lipinski definition) is 0. The zero-order valence-corrected chi connectivity index (χ0v) is 21.6. The first kappa shape index (κ1) is 23.9. The minimum absolute atomic E-state index is 0.0327. The Kier molecular flexibility index (Phi) is 6.12. The molecule has 0 atom stereocenters. The highest BCUT2D eigenvalue weighted by molar-refractivity contribution is 6.32. The second-order valence-electron chi connectivity index (χ2n) is 10.8. The van der Waals surface area contributed by atoms with Crippen molar-refractivity contribution in [1.29, 1.82) is 0 Å². The summed E-state index contributed by atoms with van der Waals surface area (Å²) in [4.78, 5) is 25.2. The van der Waals surface area contributed by atoms with Gasteiger partial charge in [-0.3, -0.25) is 14.3 Å². The summed E-state index contributed by atoms with van der Waals surface area (Å²) in [7, 11) is 1.45. The van der Waals surface area contributed by atoms with Gasteiger partial charge in [-0.2, -0.15) is 5.10 Å². The minimum Gasteiger partial charge on any atom is -0.469 e. The van der Waals surface area contributed by atoms with E-state index in [9.17, 15) is 9.59 Å². The predicted octanol–water partition coefficient (Wildman–Crippen LogP) is 6.96. The maximum absolute atomic E-state index is 13.5. The van der Waals surface area contributed by atoms with Gasteiger partial charge < -0.3 is 4.74 Å². The molecular weight excluding hydrogens is 484 g/mol.